The number of piperidine rings is 1. The number of nitrogens with zero attached hydrogens (tertiary/aromatic N) is 2. The first-order valence-electron chi connectivity index (χ1n) is 10.5. The van der Waals surface area contributed by atoms with Crippen LogP contribution in [0.4, 0.5) is 5.69 Å². The van der Waals surface area contributed by atoms with Gasteiger partial charge < -0.3 is 5.32 Å². The number of carbonyl (C=O) groups is 4. The Morgan fingerprint density at radius 1 is 0.970 bits per heavy atom. The molecule has 1 N–H and O–H groups in total. The summed E-state index contributed by atoms with van der Waals surface area (Å²) in [5, 5.41) is 2.70. The quantitative estimate of drug-likeness (QED) is 0.530. The second-order valence-electron chi connectivity index (χ2n) is 8.13. The van der Waals surface area contributed by atoms with E-state index in [1.807, 2.05) is 0 Å². The van der Waals surface area contributed by atoms with Crippen LogP contribution in [0.25, 0.3) is 0 Å². The summed E-state index contributed by atoms with van der Waals surface area (Å²) >= 11 is 0. The predicted octanol–water partition coefficient (Wildman–Crippen LogP) is 2.30. The first-order chi connectivity index (χ1) is 15.6. The Morgan fingerprint density at radius 3 is 2.30 bits per heavy atom. The van der Waals surface area contributed by atoms with E-state index in [-0.39, 0.29) is 28.4 Å². The fourth-order valence-electron chi connectivity index (χ4n) is 4.12. The Kier molecular flexibility index (Phi) is 5.89. The number of sulfonamides is 1. The molecule has 9 nitrogen and oxygen atoms in total. The highest BCUT2D eigenvalue weighted by Gasteiger charge is 2.38. The van der Waals surface area contributed by atoms with Gasteiger partial charge in [-0.15, -0.1) is 0 Å². The summed E-state index contributed by atoms with van der Waals surface area (Å²) in [7, 11) is -2.58. The van der Waals surface area contributed by atoms with Crippen molar-refractivity contribution < 1.29 is 27.6 Å². The van der Waals surface area contributed by atoms with Crippen LogP contribution in [0.5, 0.6) is 0 Å². The zero-order valence-electron chi connectivity index (χ0n) is 18.2. The molecule has 172 valence electrons. The Labute approximate surface area is 191 Å². The van der Waals surface area contributed by atoms with Crippen LogP contribution in [0.3, 0.4) is 0 Å². The van der Waals surface area contributed by atoms with Gasteiger partial charge in [0.2, 0.25) is 15.9 Å². The minimum Gasteiger partial charge on any atom is -0.325 e. The van der Waals surface area contributed by atoms with Gasteiger partial charge >= 0.3 is 0 Å². The molecule has 1 fully saturated rings. The van der Waals surface area contributed by atoms with E-state index in [4.69, 9.17) is 0 Å². The fraction of sp³-hybridized carbons (Fsp3) is 0.304. The van der Waals surface area contributed by atoms with Crippen LogP contribution < -0.4 is 5.32 Å². The number of anilines is 1. The number of rotatable bonds is 5. The first kappa shape index (κ1) is 22.8. The molecule has 4 rings (SSSR count). The largest absolute Gasteiger partial charge is 0.325 e. The summed E-state index contributed by atoms with van der Waals surface area (Å²) in [4.78, 5) is 49.9. The van der Waals surface area contributed by atoms with E-state index < -0.39 is 33.8 Å². The van der Waals surface area contributed by atoms with Crippen LogP contribution in [-0.4, -0.2) is 60.8 Å². The van der Waals surface area contributed by atoms with Gasteiger partial charge in [0.15, 0.2) is 5.78 Å². The van der Waals surface area contributed by atoms with Gasteiger partial charge in [-0.05, 0) is 50.1 Å². The summed E-state index contributed by atoms with van der Waals surface area (Å²) in [5.41, 5.74) is 1.16. The van der Waals surface area contributed by atoms with Crippen molar-refractivity contribution in [3.63, 3.8) is 0 Å². The minimum absolute atomic E-state index is 0.0110. The zero-order valence-corrected chi connectivity index (χ0v) is 19.0. The molecule has 3 amide bonds. The lowest BCUT2D eigenvalue weighted by atomic mass is 10.0. The van der Waals surface area contributed by atoms with Crippen LogP contribution in [0.1, 0.15) is 57.3 Å². The highest BCUT2D eigenvalue weighted by atomic mass is 32.2. The van der Waals surface area contributed by atoms with Crippen molar-refractivity contribution in [2.45, 2.75) is 37.1 Å². The molecule has 33 heavy (non-hydrogen) atoms. The maximum absolute atomic E-state index is 13.3. The Hall–Kier alpha value is -3.37. The molecule has 2 aromatic carbocycles. The number of benzene rings is 2. The zero-order chi connectivity index (χ0) is 23.9. The van der Waals surface area contributed by atoms with E-state index in [2.05, 4.69) is 5.32 Å². The number of imide groups is 1. The summed E-state index contributed by atoms with van der Waals surface area (Å²) in [6.07, 6.45) is 1.66. The summed E-state index contributed by atoms with van der Waals surface area (Å²) in [5.74, 6) is -1.55. The number of carbonyl (C=O) groups excluding carboxylic acids is 4. The van der Waals surface area contributed by atoms with Crippen LogP contribution in [0.15, 0.2) is 47.4 Å². The molecule has 1 atom stereocenters. The van der Waals surface area contributed by atoms with Crippen LogP contribution in [-0.2, 0) is 14.8 Å². The molecule has 0 spiro atoms. The molecule has 1 saturated heterocycles. The summed E-state index contributed by atoms with van der Waals surface area (Å²) < 4.78 is 27.7. The molecular weight excluding hydrogens is 446 g/mol. The maximum atomic E-state index is 13.3. The maximum Gasteiger partial charge on any atom is 0.261 e. The molecule has 2 aromatic rings. The van der Waals surface area contributed by atoms with Crippen molar-refractivity contribution in [2.24, 2.45) is 0 Å². The lowest BCUT2D eigenvalue weighted by Gasteiger charge is -2.33. The second kappa shape index (κ2) is 8.53. The lowest BCUT2D eigenvalue weighted by Crippen LogP contribution is -2.49. The van der Waals surface area contributed by atoms with Crippen molar-refractivity contribution in [2.75, 3.05) is 18.9 Å². The van der Waals surface area contributed by atoms with Gasteiger partial charge in [0, 0.05) is 24.8 Å². The van der Waals surface area contributed by atoms with Crippen LogP contribution in [0.2, 0.25) is 0 Å². The van der Waals surface area contributed by atoms with Gasteiger partial charge in [-0.25, -0.2) is 8.42 Å². The number of Topliss-reactive ketones (excluding diaryl/α,β-unsaturated/α-hetero) is 1. The Balaban J connectivity index is 1.57. The van der Waals surface area contributed by atoms with E-state index >= 15 is 0 Å². The van der Waals surface area contributed by atoms with E-state index in [0.717, 1.165) is 4.90 Å². The molecule has 1 unspecified atom stereocenters. The van der Waals surface area contributed by atoms with Crippen molar-refractivity contribution in [1.29, 1.82) is 0 Å². The molecule has 0 bridgehead atoms. The average Bonchev–Trinajstić information content (AvgIpc) is 3.02. The van der Waals surface area contributed by atoms with Crippen molar-refractivity contribution in [1.82, 2.24) is 9.21 Å². The standard InChI is InChI=1S/C23H23N3O6S/c1-14(27)15-6-9-17(10-7-15)33(31,32)26-12-4-3-5-20(26)21(28)24-16-8-11-18-19(13-16)23(30)25(2)22(18)29/h6-11,13,20H,3-5,12H2,1-2H3,(H,24,28). The third kappa shape index (κ3) is 4.07. The van der Waals surface area contributed by atoms with Gasteiger partial charge in [-0.1, -0.05) is 18.6 Å². The minimum atomic E-state index is -3.97. The Morgan fingerprint density at radius 2 is 1.64 bits per heavy atom. The molecule has 2 aliphatic heterocycles. The number of fused-ring (bicyclic) bond motifs is 1. The number of amides is 3. The van der Waals surface area contributed by atoms with E-state index in [1.54, 1.807) is 0 Å². The molecule has 10 heteroatoms. The summed E-state index contributed by atoms with van der Waals surface area (Å²) in [6.45, 7) is 1.59. The SMILES string of the molecule is CC(=O)c1ccc(S(=O)(=O)N2CCCCC2C(=O)Nc2ccc3c(c2)C(=O)N(C)C3=O)cc1. The summed E-state index contributed by atoms with van der Waals surface area (Å²) in [6, 6.07) is 9.14. The molecule has 0 aromatic heterocycles. The highest BCUT2D eigenvalue weighted by Crippen LogP contribution is 2.28. The van der Waals surface area contributed by atoms with Crippen LogP contribution >= 0.6 is 0 Å². The average molecular weight is 470 g/mol. The molecule has 2 heterocycles. The highest BCUT2D eigenvalue weighted by molar-refractivity contribution is 7.89. The number of hydrogen-bond donors (Lipinski definition) is 1. The van der Waals surface area contributed by atoms with Gasteiger partial charge in [0.25, 0.3) is 11.8 Å². The van der Waals surface area contributed by atoms with Crippen molar-refractivity contribution >= 4 is 39.2 Å². The normalized spacial score (nSPS) is 18.8. The third-order valence-electron chi connectivity index (χ3n) is 5.98. The Bertz CT molecular complexity index is 1270. The first-order valence-corrected chi connectivity index (χ1v) is 12.0. The topological polar surface area (TPSA) is 121 Å². The monoisotopic (exact) mass is 469 g/mol. The fourth-order valence-corrected chi connectivity index (χ4v) is 5.77. The van der Waals surface area contributed by atoms with E-state index in [1.165, 1.54) is 60.7 Å². The number of nitrogens with one attached hydrogen (secondary N) is 1. The van der Waals surface area contributed by atoms with Gasteiger partial charge in [-0.2, -0.15) is 4.31 Å². The van der Waals surface area contributed by atoms with Crippen LogP contribution in [0, 0.1) is 0 Å². The molecule has 0 radical (unpaired) electrons. The van der Waals surface area contributed by atoms with E-state index in [9.17, 15) is 27.6 Å². The molecule has 0 saturated carbocycles. The smallest absolute Gasteiger partial charge is 0.261 e. The molecule has 0 aliphatic carbocycles. The van der Waals surface area contributed by atoms with Gasteiger partial charge in [0.05, 0.1) is 16.0 Å². The predicted molar refractivity (Wildman–Crippen MR) is 119 cm³/mol. The van der Waals surface area contributed by atoms with Crippen molar-refractivity contribution in [3.8, 4) is 0 Å². The number of hydrogen-bond acceptors (Lipinski definition) is 6. The third-order valence-corrected chi connectivity index (χ3v) is 7.90. The lowest BCUT2D eigenvalue weighted by molar-refractivity contribution is -0.120. The van der Waals surface area contributed by atoms with Gasteiger partial charge in [-0.3, -0.25) is 24.1 Å². The second-order valence-corrected chi connectivity index (χ2v) is 10.0. The molecule has 2 aliphatic rings. The van der Waals surface area contributed by atoms with E-state index in [0.29, 0.717) is 30.5 Å². The van der Waals surface area contributed by atoms with Crippen molar-refractivity contribution in [3.05, 3.63) is 59.2 Å². The number of ketones is 1. The molecular formula is C23H23N3O6S. The van der Waals surface area contributed by atoms with Gasteiger partial charge in [0.1, 0.15) is 6.04 Å².